The summed E-state index contributed by atoms with van der Waals surface area (Å²) in [4.78, 5) is 16.3. The van der Waals surface area contributed by atoms with Gasteiger partial charge in [-0.25, -0.2) is 4.79 Å². The first-order valence-corrected chi connectivity index (χ1v) is 13.8. The summed E-state index contributed by atoms with van der Waals surface area (Å²) < 4.78 is 33.4. The number of benzene rings is 1. The molecule has 0 aliphatic carbocycles. The molecular weight excluding hydrogens is 681 g/mol. The van der Waals surface area contributed by atoms with Gasteiger partial charge in [0, 0.05) is 30.8 Å². The van der Waals surface area contributed by atoms with Crippen molar-refractivity contribution in [3.8, 4) is 11.9 Å². The van der Waals surface area contributed by atoms with Crippen LogP contribution >= 0.6 is 11.6 Å². The number of nitriles is 1. The predicted octanol–water partition coefficient (Wildman–Crippen LogP) is 1.42. The number of halogens is 2. The third kappa shape index (κ3) is 16.5. The van der Waals surface area contributed by atoms with E-state index in [2.05, 4.69) is 15.6 Å². The maximum absolute atomic E-state index is 11.9. The quantitative estimate of drug-likeness (QED) is 0.0253. The third-order valence-corrected chi connectivity index (χ3v) is 5.57. The SMILES string of the molecule is CCOC(=O)OC(OCCOCCOC)[n+]1ccc(NC(=NCCCCCCOc2ccc(Cl)cc2)NC#N)cc1.[I-]. The van der Waals surface area contributed by atoms with Gasteiger partial charge in [-0.05, 0) is 50.5 Å². The largest absolute Gasteiger partial charge is 1.00 e. The van der Waals surface area contributed by atoms with E-state index in [4.69, 9.17) is 45.3 Å². The molecule has 14 heteroatoms. The molecular formula is C28H39ClIN5O7. The number of guanidine groups is 1. The zero-order chi connectivity index (χ0) is 29.5. The molecule has 0 fully saturated rings. The van der Waals surface area contributed by atoms with E-state index in [9.17, 15) is 4.79 Å². The third-order valence-electron chi connectivity index (χ3n) is 5.32. The normalized spacial score (nSPS) is 11.5. The number of unbranched alkanes of at least 4 members (excludes halogenated alkanes) is 3. The summed E-state index contributed by atoms with van der Waals surface area (Å²) in [5, 5.41) is 15.4. The molecule has 0 spiro atoms. The fourth-order valence-electron chi connectivity index (χ4n) is 3.31. The van der Waals surface area contributed by atoms with Crippen LogP contribution in [0.2, 0.25) is 5.02 Å². The minimum absolute atomic E-state index is 0. The summed E-state index contributed by atoms with van der Waals surface area (Å²) in [6, 6.07) is 10.8. The molecule has 0 saturated carbocycles. The first-order chi connectivity index (χ1) is 20.0. The molecule has 0 radical (unpaired) electrons. The lowest BCUT2D eigenvalue weighted by molar-refractivity contribution is -0.799. The summed E-state index contributed by atoms with van der Waals surface area (Å²) in [6.45, 7) is 4.42. The van der Waals surface area contributed by atoms with Crippen molar-refractivity contribution < 1.29 is 61.8 Å². The number of pyridine rings is 1. The molecule has 2 rings (SSSR count). The second-order valence-electron chi connectivity index (χ2n) is 8.43. The number of carbonyl (C=O) groups excluding carboxylic acids is 1. The number of nitrogens with zero attached hydrogens (tertiary/aromatic N) is 3. The zero-order valence-electron chi connectivity index (χ0n) is 23.9. The average molecular weight is 720 g/mol. The van der Waals surface area contributed by atoms with Gasteiger partial charge in [0.05, 0.1) is 45.3 Å². The Bertz CT molecular complexity index is 1070. The van der Waals surface area contributed by atoms with Crippen LogP contribution in [0, 0.1) is 11.5 Å². The van der Waals surface area contributed by atoms with Crippen molar-refractivity contribution in [2.24, 2.45) is 4.99 Å². The number of aliphatic imine (C=N–C) groups is 1. The Morgan fingerprint density at radius 2 is 1.74 bits per heavy atom. The van der Waals surface area contributed by atoms with Gasteiger partial charge in [0.2, 0.25) is 5.96 Å². The van der Waals surface area contributed by atoms with Crippen LogP contribution in [0.25, 0.3) is 0 Å². The van der Waals surface area contributed by atoms with Crippen LogP contribution in [0.4, 0.5) is 10.5 Å². The van der Waals surface area contributed by atoms with E-state index >= 15 is 0 Å². The fraction of sp³-hybridized carbons (Fsp3) is 0.500. The van der Waals surface area contributed by atoms with Crippen LogP contribution in [-0.4, -0.2) is 65.4 Å². The monoisotopic (exact) mass is 719 g/mol. The molecule has 1 heterocycles. The fourth-order valence-corrected chi connectivity index (χ4v) is 3.43. The predicted molar refractivity (Wildman–Crippen MR) is 153 cm³/mol. The number of rotatable bonds is 19. The highest BCUT2D eigenvalue weighted by atomic mass is 127. The molecule has 12 nitrogen and oxygen atoms in total. The maximum atomic E-state index is 11.9. The van der Waals surface area contributed by atoms with Crippen LogP contribution < -0.4 is 43.9 Å². The lowest BCUT2D eigenvalue weighted by Crippen LogP contribution is -3.00. The first-order valence-electron chi connectivity index (χ1n) is 13.4. The van der Waals surface area contributed by atoms with E-state index in [0.717, 1.165) is 31.4 Å². The van der Waals surface area contributed by atoms with Gasteiger partial charge in [0.25, 0.3) is 0 Å². The highest BCUT2D eigenvalue weighted by Crippen LogP contribution is 2.16. The van der Waals surface area contributed by atoms with Crippen LogP contribution in [0.5, 0.6) is 5.75 Å². The van der Waals surface area contributed by atoms with Gasteiger partial charge in [-0.2, -0.15) is 5.26 Å². The summed E-state index contributed by atoms with van der Waals surface area (Å²) >= 11 is 5.88. The van der Waals surface area contributed by atoms with Gasteiger partial charge in [-0.15, -0.1) is 4.57 Å². The molecule has 0 saturated heterocycles. The molecule has 232 valence electrons. The molecule has 0 aliphatic heterocycles. The highest BCUT2D eigenvalue weighted by molar-refractivity contribution is 6.30. The second-order valence-corrected chi connectivity index (χ2v) is 8.86. The number of ether oxygens (including phenoxy) is 6. The summed E-state index contributed by atoms with van der Waals surface area (Å²) in [6.07, 6.45) is 7.10. The van der Waals surface area contributed by atoms with Crippen molar-refractivity contribution in [3.63, 3.8) is 0 Å². The molecule has 1 unspecified atom stereocenters. The Morgan fingerprint density at radius 1 is 1.02 bits per heavy atom. The van der Waals surface area contributed by atoms with Crippen molar-refractivity contribution in [1.82, 2.24) is 5.32 Å². The van der Waals surface area contributed by atoms with Crippen molar-refractivity contribution >= 4 is 29.4 Å². The Kier molecular flexibility index (Phi) is 20.9. The number of methoxy groups -OCH3 is 1. The minimum atomic E-state index is -1.06. The Hall–Kier alpha value is -2.90. The number of aromatic nitrogens is 1. The molecule has 42 heavy (non-hydrogen) atoms. The van der Waals surface area contributed by atoms with Crippen LogP contribution in [-0.2, 0) is 23.7 Å². The standard InChI is InChI=1S/C28H38ClN5O7.HI/c1-3-38-28(35)41-27(40-21-20-37-19-18-36-2)34-15-12-24(13-16-34)33-26(32-22-30)31-14-6-4-5-7-17-39-25-10-8-23(29)9-11-25;/h8-13,15-16,27H,3-7,14,17-21H2,1-2H3,(H,31,32);1H. The van der Waals surface area contributed by atoms with Crippen molar-refractivity contribution in [2.45, 2.75) is 39.0 Å². The van der Waals surface area contributed by atoms with Crippen LogP contribution in [0.15, 0.2) is 53.8 Å². The summed E-state index contributed by atoms with van der Waals surface area (Å²) in [7, 11) is 1.59. The Balaban J connectivity index is 0.00000882. The first kappa shape index (κ1) is 37.1. The van der Waals surface area contributed by atoms with E-state index < -0.39 is 12.6 Å². The molecule has 1 atom stereocenters. The van der Waals surface area contributed by atoms with E-state index in [1.54, 1.807) is 55.3 Å². The van der Waals surface area contributed by atoms with Crippen molar-refractivity contribution in [2.75, 3.05) is 58.6 Å². The van der Waals surface area contributed by atoms with E-state index in [0.29, 0.717) is 49.6 Å². The number of hydrogen-bond donors (Lipinski definition) is 2. The number of hydrogen-bond acceptors (Lipinski definition) is 9. The molecule has 1 aromatic carbocycles. The lowest BCUT2D eigenvalue weighted by Gasteiger charge is -2.14. The Labute approximate surface area is 269 Å². The van der Waals surface area contributed by atoms with Crippen LogP contribution in [0.3, 0.4) is 0 Å². The summed E-state index contributed by atoms with van der Waals surface area (Å²) in [5.41, 5.74) is 0.667. The van der Waals surface area contributed by atoms with Crippen LogP contribution in [0.1, 0.15) is 39.0 Å². The number of carbonyl (C=O) groups is 1. The molecule has 0 amide bonds. The maximum Gasteiger partial charge on any atom is 0.515 e. The van der Waals surface area contributed by atoms with Crippen molar-refractivity contribution in [3.05, 3.63) is 53.8 Å². The molecule has 2 aromatic rings. The zero-order valence-corrected chi connectivity index (χ0v) is 26.8. The number of nitrogens with one attached hydrogen (secondary N) is 2. The minimum Gasteiger partial charge on any atom is -1.00 e. The highest BCUT2D eigenvalue weighted by Gasteiger charge is 2.25. The van der Waals surface area contributed by atoms with Gasteiger partial charge in [0.15, 0.2) is 18.6 Å². The smallest absolute Gasteiger partial charge is 0.515 e. The van der Waals surface area contributed by atoms with E-state index in [1.807, 2.05) is 18.3 Å². The van der Waals surface area contributed by atoms with Gasteiger partial charge in [0.1, 0.15) is 5.75 Å². The van der Waals surface area contributed by atoms with E-state index in [1.165, 1.54) is 0 Å². The van der Waals surface area contributed by atoms with Gasteiger partial charge in [-0.3, -0.25) is 15.0 Å². The molecule has 0 aliphatic rings. The molecule has 0 bridgehead atoms. The van der Waals surface area contributed by atoms with Gasteiger partial charge in [-0.1, -0.05) is 18.0 Å². The van der Waals surface area contributed by atoms with Gasteiger partial charge >= 0.3 is 12.6 Å². The topological polar surface area (TPSA) is 137 Å². The average Bonchev–Trinajstić information content (AvgIpc) is 2.97. The molecule has 2 N–H and O–H groups in total. The Morgan fingerprint density at radius 3 is 2.43 bits per heavy atom. The lowest BCUT2D eigenvalue weighted by atomic mass is 10.2. The molecule has 1 aromatic heterocycles. The van der Waals surface area contributed by atoms with Crippen molar-refractivity contribution in [1.29, 1.82) is 5.26 Å². The summed E-state index contributed by atoms with van der Waals surface area (Å²) in [5.74, 6) is 1.14. The van der Waals surface area contributed by atoms with E-state index in [-0.39, 0.29) is 37.2 Å². The number of anilines is 1. The van der Waals surface area contributed by atoms with Gasteiger partial charge < -0.3 is 53.0 Å². The second kappa shape index (κ2) is 23.6.